The lowest BCUT2D eigenvalue weighted by Crippen LogP contribution is -2.59. The predicted molar refractivity (Wildman–Crippen MR) is 131 cm³/mol. The Morgan fingerprint density at radius 1 is 0.857 bits per heavy atom. The average Bonchev–Trinajstić information content (AvgIpc) is 2.76. The number of hydrogen-bond donors (Lipinski definition) is 3. The number of amides is 3. The molecule has 0 saturated heterocycles. The topological polar surface area (TPSA) is 117 Å². The van der Waals surface area contributed by atoms with Gasteiger partial charge in [-0.1, -0.05) is 48.5 Å². The Kier molecular flexibility index (Phi) is 9.25. The highest BCUT2D eigenvalue weighted by Gasteiger charge is 2.37. The van der Waals surface area contributed by atoms with Gasteiger partial charge in [-0.05, 0) is 59.2 Å². The smallest absolute Gasteiger partial charge is 0.429 e. The maximum absolute atomic E-state index is 13.2. The highest BCUT2D eigenvalue weighted by Crippen LogP contribution is 2.23. The van der Waals surface area contributed by atoms with Crippen molar-refractivity contribution >= 4 is 18.1 Å². The number of carbonyl (C=O) groups is 3. The largest absolute Gasteiger partial charge is 0.443 e. The Bertz CT molecular complexity index is 984. The first kappa shape index (κ1) is 27.7. The molecule has 0 unspecified atom stereocenters. The second-order valence-electron chi connectivity index (χ2n) is 9.94. The first-order valence-corrected chi connectivity index (χ1v) is 11.3. The van der Waals surface area contributed by atoms with E-state index in [0.29, 0.717) is 11.1 Å². The normalized spacial score (nSPS) is 13.2. The lowest BCUT2D eigenvalue weighted by Gasteiger charge is -2.37. The van der Waals surface area contributed by atoms with Crippen molar-refractivity contribution in [2.75, 3.05) is 6.61 Å². The third kappa shape index (κ3) is 8.94. The number of rotatable bonds is 6. The number of ether oxygens (including phenoxy) is 2. The number of hydrogen-bond acceptors (Lipinski definition) is 6. The number of aliphatic hydroxyl groups excluding tert-OH is 1. The first-order chi connectivity index (χ1) is 16.3. The standard InChI is InChI=1S/C26H35N3O6/c1-25(2,3)34-23(32)28-29(24(33)35-26(4,5)6)20(17-30)21(18-13-9-7-10-14-18)27-22(31)19-15-11-8-12-16-19/h7-16,20-21,30H,17H2,1-6H3,(H,27,31)(H,28,32)/t20-,21-/m1/s1. The lowest BCUT2D eigenvalue weighted by molar-refractivity contribution is -0.0221. The molecule has 3 N–H and O–H groups in total. The molecular weight excluding hydrogens is 450 g/mol. The quantitative estimate of drug-likeness (QED) is 0.528. The minimum absolute atomic E-state index is 0.397. The molecule has 0 aromatic heterocycles. The van der Waals surface area contributed by atoms with Gasteiger partial charge in [0.2, 0.25) is 0 Å². The fraction of sp³-hybridized carbons (Fsp3) is 0.423. The van der Waals surface area contributed by atoms with Gasteiger partial charge in [-0.15, -0.1) is 0 Å². The van der Waals surface area contributed by atoms with Crippen LogP contribution in [0.4, 0.5) is 9.59 Å². The van der Waals surface area contributed by atoms with Crippen LogP contribution < -0.4 is 10.7 Å². The van der Waals surface area contributed by atoms with E-state index in [-0.39, 0.29) is 0 Å². The van der Waals surface area contributed by atoms with Crippen molar-refractivity contribution in [3.8, 4) is 0 Å². The fourth-order valence-corrected chi connectivity index (χ4v) is 3.19. The Morgan fingerprint density at radius 3 is 1.86 bits per heavy atom. The summed E-state index contributed by atoms with van der Waals surface area (Å²) in [4.78, 5) is 38.8. The molecule has 0 spiro atoms. The molecule has 9 heteroatoms. The zero-order chi connectivity index (χ0) is 26.2. The van der Waals surface area contributed by atoms with Crippen molar-refractivity contribution in [1.29, 1.82) is 0 Å². The summed E-state index contributed by atoms with van der Waals surface area (Å²) in [6.07, 6.45) is -1.83. The number of aliphatic hydroxyl groups is 1. The Morgan fingerprint density at radius 2 is 1.37 bits per heavy atom. The van der Waals surface area contributed by atoms with E-state index in [1.807, 2.05) is 0 Å². The van der Waals surface area contributed by atoms with Gasteiger partial charge < -0.3 is 19.9 Å². The predicted octanol–water partition coefficient (Wildman–Crippen LogP) is 4.20. The van der Waals surface area contributed by atoms with E-state index in [0.717, 1.165) is 5.01 Å². The van der Waals surface area contributed by atoms with Gasteiger partial charge in [0.15, 0.2) is 0 Å². The first-order valence-electron chi connectivity index (χ1n) is 11.3. The van der Waals surface area contributed by atoms with Crippen LogP contribution in [0.1, 0.15) is 63.5 Å². The van der Waals surface area contributed by atoms with Crippen LogP contribution in [0.5, 0.6) is 0 Å². The zero-order valence-electron chi connectivity index (χ0n) is 21.1. The van der Waals surface area contributed by atoms with Gasteiger partial charge in [0, 0.05) is 5.56 Å². The molecule has 0 saturated carbocycles. The molecule has 3 amide bonds. The molecule has 2 aromatic carbocycles. The van der Waals surface area contributed by atoms with Crippen molar-refractivity contribution in [3.63, 3.8) is 0 Å². The van der Waals surface area contributed by atoms with Gasteiger partial charge in [0.1, 0.15) is 17.2 Å². The zero-order valence-corrected chi connectivity index (χ0v) is 21.1. The molecule has 2 atom stereocenters. The van der Waals surface area contributed by atoms with Crippen molar-refractivity contribution in [1.82, 2.24) is 15.8 Å². The van der Waals surface area contributed by atoms with E-state index in [4.69, 9.17) is 9.47 Å². The maximum Gasteiger partial charge on any atom is 0.429 e. The minimum atomic E-state index is -1.13. The van der Waals surface area contributed by atoms with Crippen LogP contribution in [0.25, 0.3) is 0 Å². The molecule has 0 bridgehead atoms. The summed E-state index contributed by atoms with van der Waals surface area (Å²) >= 11 is 0. The second kappa shape index (κ2) is 11.7. The Hall–Kier alpha value is -3.59. The molecule has 0 aliphatic heterocycles. The van der Waals surface area contributed by atoms with Gasteiger partial charge in [0.25, 0.3) is 5.91 Å². The van der Waals surface area contributed by atoms with Crippen molar-refractivity contribution in [2.24, 2.45) is 0 Å². The Labute approximate surface area is 206 Å². The summed E-state index contributed by atoms with van der Waals surface area (Å²) in [6, 6.07) is 15.3. The van der Waals surface area contributed by atoms with Crippen LogP contribution in [0.2, 0.25) is 0 Å². The maximum atomic E-state index is 13.2. The second-order valence-corrected chi connectivity index (χ2v) is 9.94. The van der Waals surface area contributed by atoms with Crippen LogP contribution in [0.3, 0.4) is 0 Å². The van der Waals surface area contributed by atoms with Crippen molar-refractivity contribution in [2.45, 2.75) is 64.8 Å². The number of benzene rings is 2. The molecule has 0 heterocycles. The molecule has 2 aromatic rings. The average molecular weight is 486 g/mol. The van der Waals surface area contributed by atoms with E-state index in [1.165, 1.54) is 0 Å². The highest BCUT2D eigenvalue weighted by molar-refractivity contribution is 5.94. The summed E-state index contributed by atoms with van der Waals surface area (Å²) in [6.45, 7) is 9.47. The number of hydrazine groups is 1. The summed E-state index contributed by atoms with van der Waals surface area (Å²) < 4.78 is 10.8. The van der Waals surface area contributed by atoms with Crippen molar-refractivity contribution in [3.05, 3.63) is 71.8 Å². The molecule has 35 heavy (non-hydrogen) atoms. The lowest BCUT2D eigenvalue weighted by atomic mass is 9.98. The van der Waals surface area contributed by atoms with Crippen molar-refractivity contribution < 1.29 is 29.0 Å². The fourth-order valence-electron chi connectivity index (χ4n) is 3.19. The monoisotopic (exact) mass is 485 g/mol. The molecule has 0 aliphatic rings. The third-order valence-corrected chi connectivity index (χ3v) is 4.59. The van der Waals surface area contributed by atoms with Gasteiger partial charge in [-0.2, -0.15) is 0 Å². The summed E-state index contributed by atoms with van der Waals surface area (Å²) in [5, 5.41) is 14.2. The van der Waals surface area contributed by atoms with E-state index >= 15 is 0 Å². The van der Waals surface area contributed by atoms with Gasteiger partial charge in [-0.3, -0.25) is 4.79 Å². The van der Waals surface area contributed by atoms with Crippen LogP contribution in [-0.4, -0.2) is 52.1 Å². The molecule has 2 rings (SSSR count). The highest BCUT2D eigenvalue weighted by atomic mass is 16.6. The van der Waals surface area contributed by atoms with E-state index < -0.39 is 48.0 Å². The van der Waals surface area contributed by atoms with Crippen LogP contribution in [-0.2, 0) is 9.47 Å². The van der Waals surface area contributed by atoms with Crippen LogP contribution >= 0.6 is 0 Å². The Balaban J connectivity index is 2.47. The molecule has 0 radical (unpaired) electrons. The molecule has 190 valence electrons. The molecule has 0 fully saturated rings. The van der Waals surface area contributed by atoms with Gasteiger partial charge in [-0.25, -0.2) is 20.0 Å². The molecule has 9 nitrogen and oxygen atoms in total. The number of nitrogens with one attached hydrogen (secondary N) is 2. The van der Waals surface area contributed by atoms with E-state index in [9.17, 15) is 19.5 Å². The molecule has 0 aliphatic carbocycles. The van der Waals surface area contributed by atoms with Gasteiger partial charge >= 0.3 is 12.2 Å². The van der Waals surface area contributed by atoms with Gasteiger partial charge in [0.05, 0.1) is 12.6 Å². The SMILES string of the molecule is CC(C)(C)OC(=O)NN(C(=O)OC(C)(C)C)[C@H](CO)[C@H](NC(=O)c1ccccc1)c1ccccc1. The summed E-state index contributed by atoms with van der Waals surface area (Å²) in [7, 11) is 0. The van der Waals surface area contributed by atoms with E-state index in [1.54, 1.807) is 102 Å². The minimum Gasteiger partial charge on any atom is -0.443 e. The summed E-state index contributed by atoms with van der Waals surface area (Å²) in [5.41, 5.74) is 1.68. The summed E-state index contributed by atoms with van der Waals surface area (Å²) in [5.74, 6) is -0.417. The number of nitrogens with zero attached hydrogens (tertiary/aromatic N) is 1. The van der Waals surface area contributed by atoms with E-state index in [2.05, 4.69) is 10.7 Å². The third-order valence-electron chi connectivity index (χ3n) is 4.59. The van der Waals surface area contributed by atoms with Crippen LogP contribution in [0, 0.1) is 0 Å². The number of carbonyl (C=O) groups excluding carboxylic acids is 3. The molecular formula is C26H35N3O6. The van der Waals surface area contributed by atoms with Crippen LogP contribution in [0.15, 0.2) is 60.7 Å².